The zero-order chi connectivity index (χ0) is 16.9. The molecule has 0 saturated carbocycles. The third-order valence-corrected chi connectivity index (χ3v) is 5.64. The molecule has 3 heterocycles. The molecule has 7 heteroatoms. The number of carbonyl (C=O) groups is 1. The minimum atomic E-state index is -0.707. The van der Waals surface area contributed by atoms with Crippen LogP contribution in [0.3, 0.4) is 0 Å². The Balaban J connectivity index is 1.56. The van der Waals surface area contributed by atoms with Gasteiger partial charge in [0.1, 0.15) is 23.7 Å². The van der Waals surface area contributed by atoms with Crippen molar-refractivity contribution in [2.24, 2.45) is 0 Å². The molecular weight excluding hydrogens is 330 g/mol. The van der Waals surface area contributed by atoms with Crippen molar-refractivity contribution in [3.8, 4) is 0 Å². The number of hydrogen-bond acceptors (Lipinski definition) is 6. The molecule has 0 radical (unpaired) electrons. The number of carbonyl (C=O) groups excluding carboxylic acids is 1. The fourth-order valence-electron chi connectivity index (χ4n) is 3.26. The number of thioether (sulfide) groups is 1. The maximum atomic E-state index is 11.8. The van der Waals surface area contributed by atoms with Crippen molar-refractivity contribution in [3.05, 3.63) is 29.8 Å². The van der Waals surface area contributed by atoms with E-state index in [4.69, 9.17) is 18.9 Å². The van der Waals surface area contributed by atoms with Gasteiger partial charge in [-0.3, -0.25) is 0 Å². The number of benzene rings is 1. The molecule has 1 amide bonds. The van der Waals surface area contributed by atoms with Gasteiger partial charge in [-0.15, -0.1) is 0 Å². The van der Waals surface area contributed by atoms with Gasteiger partial charge in [0.2, 0.25) is 0 Å². The summed E-state index contributed by atoms with van der Waals surface area (Å²) in [6, 6.07) is 7.98. The van der Waals surface area contributed by atoms with Crippen LogP contribution >= 0.6 is 11.8 Å². The highest BCUT2D eigenvalue weighted by Gasteiger charge is 2.56. The number of hydrogen-bond donors (Lipinski definition) is 1. The number of rotatable bonds is 2. The maximum Gasteiger partial charge on any atom is 0.408 e. The smallest absolute Gasteiger partial charge is 0.408 e. The van der Waals surface area contributed by atoms with E-state index in [1.165, 1.54) is 5.56 Å². The van der Waals surface area contributed by atoms with E-state index in [0.29, 0.717) is 6.61 Å². The fourth-order valence-corrected chi connectivity index (χ4v) is 4.39. The van der Waals surface area contributed by atoms with Gasteiger partial charge in [-0.05, 0) is 32.9 Å². The van der Waals surface area contributed by atoms with Crippen LogP contribution in [0.25, 0.3) is 0 Å². The van der Waals surface area contributed by atoms with Crippen molar-refractivity contribution in [3.63, 3.8) is 0 Å². The normalized spacial score (nSPS) is 37.1. The molecule has 3 fully saturated rings. The zero-order valence-corrected chi connectivity index (χ0v) is 14.7. The topological polar surface area (TPSA) is 66.0 Å². The zero-order valence-electron chi connectivity index (χ0n) is 13.9. The summed E-state index contributed by atoms with van der Waals surface area (Å²) < 4.78 is 23.4. The monoisotopic (exact) mass is 351 g/mol. The molecule has 0 aromatic heterocycles. The lowest BCUT2D eigenvalue weighted by molar-refractivity contribution is -0.337. The molecule has 0 aliphatic carbocycles. The second-order valence-corrected chi connectivity index (χ2v) is 7.98. The molecule has 1 aromatic rings. The van der Waals surface area contributed by atoms with Crippen LogP contribution in [0.5, 0.6) is 0 Å². The van der Waals surface area contributed by atoms with Gasteiger partial charge < -0.3 is 24.3 Å². The Morgan fingerprint density at radius 2 is 1.96 bits per heavy atom. The molecule has 24 heavy (non-hydrogen) atoms. The second kappa shape index (κ2) is 5.91. The highest BCUT2D eigenvalue weighted by atomic mass is 32.2. The molecule has 0 bridgehead atoms. The van der Waals surface area contributed by atoms with E-state index in [9.17, 15) is 4.79 Å². The Morgan fingerprint density at radius 3 is 2.71 bits per heavy atom. The van der Waals surface area contributed by atoms with Crippen molar-refractivity contribution in [1.29, 1.82) is 0 Å². The number of nitrogens with one attached hydrogen (secondary N) is 1. The van der Waals surface area contributed by atoms with Crippen LogP contribution in [-0.4, -0.2) is 48.3 Å². The summed E-state index contributed by atoms with van der Waals surface area (Å²) in [4.78, 5) is 12.9. The van der Waals surface area contributed by atoms with Crippen molar-refractivity contribution in [2.75, 3.05) is 6.61 Å². The predicted molar refractivity (Wildman–Crippen MR) is 87.8 cm³/mol. The minimum absolute atomic E-state index is 0.251. The number of ether oxygens (including phenoxy) is 4. The molecule has 0 spiro atoms. The summed E-state index contributed by atoms with van der Waals surface area (Å²) in [6.07, 6.45) is -1.37. The van der Waals surface area contributed by atoms with Crippen molar-refractivity contribution in [1.82, 2.24) is 5.32 Å². The molecule has 3 aliphatic rings. The minimum Gasteiger partial charge on any atom is -0.441 e. The molecular formula is C17H21NO5S. The van der Waals surface area contributed by atoms with Gasteiger partial charge in [0.15, 0.2) is 11.9 Å². The number of fused-ring (bicyclic) bond motifs is 3. The predicted octanol–water partition coefficient (Wildman–Crippen LogP) is 2.44. The highest BCUT2D eigenvalue weighted by molar-refractivity contribution is 7.99. The van der Waals surface area contributed by atoms with Crippen LogP contribution in [0.4, 0.5) is 4.79 Å². The number of alkyl carbamates (subject to hydrolysis) is 1. The first kappa shape index (κ1) is 16.2. The van der Waals surface area contributed by atoms with Gasteiger partial charge in [-0.25, -0.2) is 4.79 Å². The van der Waals surface area contributed by atoms with Gasteiger partial charge in [0, 0.05) is 4.90 Å². The second-order valence-electron chi connectivity index (χ2n) is 6.81. The van der Waals surface area contributed by atoms with Gasteiger partial charge in [-0.2, -0.15) is 0 Å². The quantitative estimate of drug-likeness (QED) is 0.883. The molecule has 3 saturated heterocycles. The van der Waals surface area contributed by atoms with E-state index in [-0.39, 0.29) is 29.8 Å². The molecule has 1 N–H and O–H groups in total. The van der Waals surface area contributed by atoms with Gasteiger partial charge >= 0.3 is 6.09 Å². The summed E-state index contributed by atoms with van der Waals surface area (Å²) in [6.45, 7) is 6.18. The summed E-state index contributed by atoms with van der Waals surface area (Å²) in [5.41, 5.74) is 0.953. The summed E-state index contributed by atoms with van der Waals surface area (Å²) in [5, 5.41) is 2.87. The van der Waals surface area contributed by atoms with E-state index >= 15 is 0 Å². The number of amides is 1. The van der Waals surface area contributed by atoms with E-state index in [1.54, 1.807) is 11.8 Å². The van der Waals surface area contributed by atoms with Gasteiger partial charge in [0.05, 0.1) is 6.61 Å². The van der Waals surface area contributed by atoms with Gasteiger partial charge in [-0.1, -0.05) is 29.5 Å². The van der Waals surface area contributed by atoms with Crippen LogP contribution in [-0.2, 0) is 18.9 Å². The first-order valence-electron chi connectivity index (χ1n) is 8.09. The molecule has 3 aliphatic heterocycles. The van der Waals surface area contributed by atoms with E-state index < -0.39 is 11.9 Å². The third kappa shape index (κ3) is 3.01. The Kier molecular flexibility index (Phi) is 3.99. The van der Waals surface area contributed by atoms with Crippen LogP contribution in [0.1, 0.15) is 19.4 Å². The Bertz CT molecular complexity index is 634. The first-order chi connectivity index (χ1) is 11.4. The largest absolute Gasteiger partial charge is 0.441 e. The van der Waals surface area contributed by atoms with E-state index in [1.807, 2.05) is 13.8 Å². The lowest BCUT2D eigenvalue weighted by Crippen LogP contribution is -2.64. The average Bonchev–Trinajstić information content (AvgIpc) is 2.92. The summed E-state index contributed by atoms with van der Waals surface area (Å²) >= 11 is 1.58. The molecule has 4 rings (SSSR count). The molecule has 5 atom stereocenters. The maximum absolute atomic E-state index is 11.8. The lowest BCUT2D eigenvalue weighted by Gasteiger charge is -2.48. The molecule has 130 valence electrons. The fraction of sp³-hybridized carbons (Fsp3) is 0.588. The van der Waals surface area contributed by atoms with Crippen molar-refractivity contribution >= 4 is 17.9 Å². The van der Waals surface area contributed by atoms with Crippen LogP contribution in [0.15, 0.2) is 29.2 Å². The van der Waals surface area contributed by atoms with E-state index in [2.05, 4.69) is 36.5 Å². The lowest BCUT2D eigenvalue weighted by atomic mass is 9.97. The third-order valence-electron chi connectivity index (χ3n) is 4.46. The highest BCUT2D eigenvalue weighted by Crippen LogP contribution is 2.40. The van der Waals surface area contributed by atoms with Gasteiger partial charge in [0.25, 0.3) is 0 Å². The molecule has 6 nitrogen and oxygen atoms in total. The van der Waals surface area contributed by atoms with E-state index in [0.717, 1.165) is 4.90 Å². The Morgan fingerprint density at radius 1 is 1.21 bits per heavy atom. The average molecular weight is 351 g/mol. The van der Waals surface area contributed by atoms with Crippen LogP contribution in [0.2, 0.25) is 0 Å². The van der Waals surface area contributed by atoms with Crippen molar-refractivity contribution in [2.45, 2.75) is 61.2 Å². The number of aryl methyl sites for hydroxylation is 1. The Hall–Kier alpha value is -1.28. The summed E-state index contributed by atoms with van der Waals surface area (Å²) in [5.74, 6) is -0.707. The van der Waals surface area contributed by atoms with Crippen LogP contribution < -0.4 is 5.32 Å². The van der Waals surface area contributed by atoms with Crippen LogP contribution in [0, 0.1) is 6.92 Å². The summed E-state index contributed by atoms with van der Waals surface area (Å²) in [7, 11) is 0. The molecule has 1 aromatic carbocycles. The first-order valence-corrected chi connectivity index (χ1v) is 8.97. The SMILES string of the molecule is Cc1ccc(S[C@@H]2O[C@@H]3COC(C)(C)O[C@H]3[C@@H]3OC(=O)N[C@H]32)cc1. The van der Waals surface area contributed by atoms with Crippen molar-refractivity contribution < 1.29 is 23.7 Å². The Labute approximate surface area is 145 Å². The standard InChI is InChI=1S/C17H21NO5S/c1-9-4-6-10(7-5-9)24-15-12-14(22-16(19)18-12)13-11(21-15)8-20-17(2,3)23-13/h4-7,11-15H,8H2,1-3H3,(H,18,19)/t11-,12-,13-,14-,15+/m1/s1. The molecule has 0 unspecified atom stereocenters.